The lowest BCUT2D eigenvalue weighted by Gasteiger charge is -2.37. The number of rotatable bonds is 9. The van der Waals surface area contributed by atoms with E-state index in [0.29, 0.717) is 26.2 Å². The average Bonchev–Trinajstić information content (AvgIpc) is 3.79. The Hall–Kier alpha value is -5.60. The van der Waals surface area contributed by atoms with Crippen LogP contribution in [0.4, 0.5) is 18.9 Å². The fourth-order valence-corrected chi connectivity index (χ4v) is 6.27. The maximum absolute atomic E-state index is 14.1. The number of amides is 3. The number of benzene rings is 1. The third kappa shape index (κ3) is 9.12. The molecule has 54 heavy (non-hydrogen) atoms. The molecule has 0 spiro atoms. The molecule has 5 N–H and O–H groups in total. The van der Waals surface area contributed by atoms with Gasteiger partial charge in [-0.3, -0.25) is 19.2 Å². The molecule has 2 saturated heterocycles. The van der Waals surface area contributed by atoms with E-state index in [4.69, 9.17) is 32.0 Å². The van der Waals surface area contributed by atoms with Gasteiger partial charge in [-0.25, -0.2) is 14.6 Å². The van der Waals surface area contributed by atoms with Crippen molar-refractivity contribution in [2.75, 3.05) is 57.7 Å². The van der Waals surface area contributed by atoms with Gasteiger partial charge < -0.3 is 40.6 Å². The summed E-state index contributed by atoms with van der Waals surface area (Å²) in [5.74, 6) is -1.18. The highest BCUT2D eigenvalue weighted by Crippen LogP contribution is 2.37. The maximum Gasteiger partial charge on any atom is 0.435 e. The van der Waals surface area contributed by atoms with Crippen molar-refractivity contribution in [2.24, 2.45) is 18.7 Å². The van der Waals surface area contributed by atoms with Crippen LogP contribution in [0.15, 0.2) is 42.9 Å². The Labute approximate surface area is 311 Å². The molecule has 0 unspecified atom stereocenters. The fraction of sp³-hybridized carbons (Fsp3) is 0.394. The number of carbonyl (C=O) groups is 4. The van der Waals surface area contributed by atoms with E-state index < -0.39 is 17.8 Å². The molecule has 2 aliphatic rings. The monoisotopic (exact) mass is 775 g/mol. The van der Waals surface area contributed by atoms with Crippen LogP contribution in [-0.4, -0.2) is 121 Å². The van der Waals surface area contributed by atoms with Gasteiger partial charge >= 0.3 is 6.18 Å². The Morgan fingerprint density at radius 3 is 2.44 bits per heavy atom. The van der Waals surface area contributed by atoms with E-state index in [1.54, 1.807) is 4.90 Å². The quantitative estimate of drug-likeness (QED) is 0.180. The van der Waals surface area contributed by atoms with Crippen LogP contribution in [-0.2, 0) is 22.8 Å². The molecule has 0 atom stereocenters. The summed E-state index contributed by atoms with van der Waals surface area (Å²) in [6.45, 7) is 3.34. The van der Waals surface area contributed by atoms with Crippen LogP contribution in [0.1, 0.15) is 39.5 Å². The molecule has 288 valence electrons. The molecular formula is C33H37ClF3N11O6. The van der Waals surface area contributed by atoms with Crippen LogP contribution in [0.25, 0.3) is 17.2 Å². The van der Waals surface area contributed by atoms with Gasteiger partial charge in [0, 0.05) is 69.8 Å². The van der Waals surface area contributed by atoms with Crippen LogP contribution in [0.5, 0.6) is 5.88 Å². The number of nitrogens with two attached hydrogens (primary N) is 1. The average molecular weight is 776 g/mol. The van der Waals surface area contributed by atoms with E-state index in [1.807, 2.05) is 4.90 Å². The molecule has 0 saturated carbocycles. The van der Waals surface area contributed by atoms with Crippen LogP contribution in [0.2, 0.25) is 5.02 Å². The normalized spacial score (nSPS) is 14.9. The van der Waals surface area contributed by atoms with Crippen molar-refractivity contribution in [1.82, 2.24) is 44.4 Å². The predicted molar refractivity (Wildman–Crippen MR) is 187 cm³/mol. The van der Waals surface area contributed by atoms with Crippen molar-refractivity contribution >= 4 is 41.5 Å². The standard InChI is InChI=1S/C32H35ClF3N11O4.CH2O2/c1-44-24(22-18-47(43-26(22)32(34,35)36)31-39-10-6-25(42-31)51-15-7-37)17-40-27(44)28(48)41-20-2-3-21(23(33)16-20)30(50)46-13-11-45(12-14-46)29(49)19-4-8-38-9-5-19;2-1-3/h2-3,6,10,16-19,38H,4-5,7-9,11-15,37H2,1H3,(H,41,48);1H,(H,2,3). The number of hydrogen-bond acceptors (Lipinski definition) is 11. The van der Waals surface area contributed by atoms with Crippen molar-refractivity contribution in [2.45, 2.75) is 19.0 Å². The number of piperazine rings is 1. The second-order valence-electron chi connectivity index (χ2n) is 12.1. The highest BCUT2D eigenvalue weighted by Gasteiger charge is 2.39. The first-order chi connectivity index (χ1) is 25.9. The van der Waals surface area contributed by atoms with Crippen LogP contribution in [0, 0.1) is 5.92 Å². The minimum Gasteiger partial charge on any atom is -0.483 e. The molecule has 3 aromatic heterocycles. The van der Waals surface area contributed by atoms with E-state index in [2.05, 4.69) is 30.7 Å². The first-order valence-electron chi connectivity index (χ1n) is 16.7. The van der Waals surface area contributed by atoms with Gasteiger partial charge in [0.2, 0.25) is 11.8 Å². The van der Waals surface area contributed by atoms with Gasteiger partial charge in [0.1, 0.15) is 6.61 Å². The lowest BCUT2D eigenvalue weighted by Crippen LogP contribution is -2.52. The topological polar surface area (TPSA) is 216 Å². The Bertz CT molecular complexity index is 1970. The lowest BCUT2D eigenvalue weighted by molar-refractivity contribution is -0.141. The van der Waals surface area contributed by atoms with E-state index in [9.17, 15) is 27.6 Å². The summed E-state index contributed by atoms with van der Waals surface area (Å²) in [6, 6.07) is 5.82. The number of imidazole rings is 1. The second-order valence-corrected chi connectivity index (χ2v) is 12.5. The number of anilines is 1. The first kappa shape index (κ1) is 39.6. The zero-order valence-electron chi connectivity index (χ0n) is 28.9. The van der Waals surface area contributed by atoms with Gasteiger partial charge in [-0.15, -0.1) is 0 Å². The summed E-state index contributed by atoms with van der Waals surface area (Å²) in [4.78, 5) is 63.4. The minimum atomic E-state index is -4.87. The summed E-state index contributed by atoms with van der Waals surface area (Å²) in [5.41, 5.74) is 4.25. The van der Waals surface area contributed by atoms with E-state index in [-0.39, 0.29) is 82.5 Å². The van der Waals surface area contributed by atoms with Gasteiger partial charge in [-0.05, 0) is 44.1 Å². The highest BCUT2D eigenvalue weighted by atomic mass is 35.5. The number of carboxylic acid groups (broad SMARTS) is 1. The molecule has 5 heterocycles. The van der Waals surface area contributed by atoms with E-state index >= 15 is 0 Å². The number of alkyl halides is 3. The van der Waals surface area contributed by atoms with Crippen molar-refractivity contribution in [3.05, 3.63) is 65.0 Å². The minimum absolute atomic E-state index is 0.00521. The molecular weight excluding hydrogens is 739 g/mol. The maximum atomic E-state index is 14.1. The van der Waals surface area contributed by atoms with Gasteiger partial charge in [0.25, 0.3) is 24.2 Å². The molecule has 4 aromatic rings. The number of halogens is 4. The number of hydrogen-bond donors (Lipinski definition) is 4. The molecule has 2 aliphatic heterocycles. The fourth-order valence-electron chi connectivity index (χ4n) is 6.01. The third-order valence-corrected chi connectivity index (χ3v) is 8.98. The van der Waals surface area contributed by atoms with Crippen molar-refractivity contribution < 1.29 is 42.2 Å². The second kappa shape index (κ2) is 17.5. The molecule has 1 aromatic carbocycles. The van der Waals surface area contributed by atoms with Gasteiger partial charge in [0.05, 0.1) is 28.0 Å². The van der Waals surface area contributed by atoms with Gasteiger partial charge in [-0.1, -0.05) is 11.6 Å². The zero-order chi connectivity index (χ0) is 39.0. The molecule has 17 nitrogen and oxygen atoms in total. The number of nitrogens with one attached hydrogen (secondary N) is 2. The van der Waals surface area contributed by atoms with Gasteiger partial charge in [-0.2, -0.15) is 23.3 Å². The Morgan fingerprint density at radius 2 is 1.80 bits per heavy atom. The number of aromatic nitrogens is 6. The summed E-state index contributed by atoms with van der Waals surface area (Å²) >= 11 is 6.49. The first-order valence-corrected chi connectivity index (χ1v) is 17.1. The van der Waals surface area contributed by atoms with Crippen LogP contribution >= 0.6 is 11.6 Å². The van der Waals surface area contributed by atoms with Crippen molar-refractivity contribution in [3.63, 3.8) is 0 Å². The zero-order valence-corrected chi connectivity index (χ0v) is 29.7. The SMILES string of the molecule is Cn1c(-c2cn(-c3nccc(OCCN)n3)nc2C(F)(F)F)cnc1C(=O)Nc1ccc(C(=O)N2CCN(C(=O)C3CCNCC3)CC2)c(Cl)c1.O=CO. The van der Waals surface area contributed by atoms with Crippen molar-refractivity contribution in [1.29, 1.82) is 0 Å². The molecule has 2 fully saturated rings. The Kier molecular flexibility index (Phi) is 12.8. The molecule has 21 heteroatoms. The summed E-state index contributed by atoms with van der Waals surface area (Å²) in [5, 5.41) is 16.6. The number of ether oxygens (including phenoxy) is 1. The van der Waals surface area contributed by atoms with E-state index in [0.717, 1.165) is 43.0 Å². The molecule has 0 bridgehead atoms. The molecule has 3 amide bonds. The summed E-state index contributed by atoms with van der Waals surface area (Å²) < 4.78 is 49.8. The Morgan fingerprint density at radius 1 is 1.11 bits per heavy atom. The lowest BCUT2D eigenvalue weighted by atomic mass is 9.96. The highest BCUT2D eigenvalue weighted by molar-refractivity contribution is 6.34. The summed E-state index contributed by atoms with van der Waals surface area (Å²) in [6.07, 6.45) is 0.272. The van der Waals surface area contributed by atoms with Crippen LogP contribution < -0.4 is 21.1 Å². The number of piperidine rings is 1. The van der Waals surface area contributed by atoms with Crippen LogP contribution in [0.3, 0.4) is 0 Å². The van der Waals surface area contributed by atoms with Gasteiger partial charge in [0.15, 0.2) is 11.5 Å². The largest absolute Gasteiger partial charge is 0.483 e. The predicted octanol–water partition coefficient (Wildman–Crippen LogP) is 2.31. The molecule has 6 rings (SSSR count). The molecule has 0 radical (unpaired) electrons. The van der Waals surface area contributed by atoms with Crippen molar-refractivity contribution in [3.8, 4) is 23.1 Å². The number of nitrogens with zero attached hydrogens (tertiary/aromatic N) is 8. The smallest absolute Gasteiger partial charge is 0.435 e. The summed E-state index contributed by atoms with van der Waals surface area (Å²) in [7, 11) is 1.39. The van der Waals surface area contributed by atoms with E-state index in [1.165, 1.54) is 42.1 Å². The molecule has 0 aliphatic carbocycles. The third-order valence-electron chi connectivity index (χ3n) is 8.66. The Balaban J connectivity index is 0.00000181. The number of carbonyl (C=O) groups excluding carboxylic acids is 3.